The Morgan fingerprint density at radius 3 is 2.48 bits per heavy atom. The van der Waals surface area contributed by atoms with E-state index in [-0.39, 0.29) is 6.04 Å². The molecular formula is C17H24N4. The summed E-state index contributed by atoms with van der Waals surface area (Å²) in [5.74, 6) is 0. The van der Waals surface area contributed by atoms with Crippen LogP contribution in [0, 0.1) is 0 Å². The number of nitrogens with zero attached hydrogens (tertiary/aromatic N) is 2. The summed E-state index contributed by atoms with van der Waals surface area (Å²) < 4.78 is 0. The molecule has 0 bridgehead atoms. The van der Waals surface area contributed by atoms with Crippen molar-refractivity contribution in [3.05, 3.63) is 53.6 Å². The Hall–Kier alpha value is -1.94. The molecule has 2 rings (SSSR count). The van der Waals surface area contributed by atoms with Gasteiger partial charge in [-0.25, -0.2) is 0 Å². The Morgan fingerprint density at radius 1 is 1.10 bits per heavy atom. The highest BCUT2D eigenvalue weighted by Gasteiger charge is 2.16. The minimum absolute atomic E-state index is 0.245. The third-order valence-electron chi connectivity index (χ3n) is 3.70. The molecule has 4 nitrogen and oxygen atoms in total. The quantitative estimate of drug-likeness (QED) is 0.820. The molecule has 1 atom stereocenters. The zero-order valence-electron chi connectivity index (χ0n) is 12.8. The van der Waals surface area contributed by atoms with E-state index < -0.39 is 0 Å². The summed E-state index contributed by atoms with van der Waals surface area (Å²) in [4.78, 5) is 8.43. The Bertz CT molecular complexity index is 568. The summed E-state index contributed by atoms with van der Waals surface area (Å²) >= 11 is 0. The minimum Gasteiger partial charge on any atom is -0.398 e. The van der Waals surface area contributed by atoms with Crippen LogP contribution in [0.3, 0.4) is 0 Å². The van der Waals surface area contributed by atoms with Gasteiger partial charge in [-0.15, -0.1) is 0 Å². The standard InChI is InChI=1S/C17H24N4/c1-3-7-21-17(10-14-12-20-9-6-16(14)18)15-5-8-19-11-13(15)4-2/h5-6,8-9,11-12,17,21H,3-4,7,10H2,1-2H3,(H2,18,20). The van der Waals surface area contributed by atoms with Crippen molar-refractivity contribution in [2.75, 3.05) is 12.3 Å². The molecule has 0 aliphatic rings. The lowest BCUT2D eigenvalue weighted by atomic mass is 9.95. The Balaban J connectivity index is 2.28. The van der Waals surface area contributed by atoms with Crippen LogP contribution < -0.4 is 11.1 Å². The monoisotopic (exact) mass is 284 g/mol. The van der Waals surface area contributed by atoms with Crippen molar-refractivity contribution in [2.24, 2.45) is 0 Å². The second-order valence-corrected chi connectivity index (χ2v) is 5.21. The molecule has 0 saturated heterocycles. The van der Waals surface area contributed by atoms with Gasteiger partial charge in [0.2, 0.25) is 0 Å². The van der Waals surface area contributed by atoms with E-state index in [0.29, 0.717) is 0 Å². The summed E-state index contributed by atoms with van der Waals surface area (Å²) in [5, 5.41) is 3.63. The molecule has 0 aliphatic heterocycles. The van der Waals surface area contributed by atoms with Crippen LogP contribution in [0.15, 0.2) is 36.9 Å². The first-order valence-electron chi connectivity index (χ1n) is 7.60. The molecule has 0 aliphatic carbocycles. The molecule has 0 spiro atoms. The van der Waals surface area contributed by atoms with E-state index in [2.05, 4.69) is 35.2 Å². The van der Waals surface area contributed by atoms with Crippen LogP contribution in [0.25, 0.3) is 0 Å². The second-order valence-electron chi connectivity index (χ2n) is 5.21. The largest absolute Gasteiger partial charge is 0.398 e. The molecule has 2 aromatic rings. The number of hydrogen-bond donors (Lipinski definition) is 2. The van der Waals surface area contributed by atoms with E-state index in [1.807, 2.05) is 24.7 Å². The predicted octanol–water partition coefficient (Wildman–Crippen LogP) is 2.90. The number of nitrogens with one attached hydrogen (secondary N) is 1. The summed E-state index contributed by atoms with van der Waals surface area (Å²) in [6.45, 7) is 5.32. The molecule has 2 heterocycles. The smallest absolute Gasteiger partial charge is 0.0378 e. The van der Waals surface area contributed by atoms with Crippen LogP contribution in [0.5, 0.6) is 0 Å². The fraction of sp³-hybridized carbons (Fsp3) is 0.412. The van der Waals surface area contributed by atoms with E-state index in [1.54, 1.807) is 6.20 Å². The number of aryl methyl sites for hydroxylation is 1. The molecule has 1 unspecified atom stereocenters. The molecule has 112 valence electrons. The summed E-state index contributed by atoms with van der Waals surface area (Å²) in [6.07, 6.45) is 10.3. The van der Waals surface area contributed by atoms with Gasteiger partial charge in [-0.1, -0.05) is 13.8 Å². The maximum Gasteiger partial charge on any atom is 0.0378 e. The van der Waals surface area contributed by atoms with Crippen LogP contribution >= 0.6 is 0 Å². The second kappa shape index (κ2) is 7.74. The highest BCUT2D eigenvalue weighted by molar-refractivity contribution is 5.45. The summed E-state index contributed by atoms with van der Waals surface area (Å²) in [5.41, 5.74) is 10.6. The summed E-state index contributed by atoms with van der Waals surface area (Å²) in [7, 11) is 0. The van der Waals surface area contributed by atoms with Crippen molar-refractivity contribution in [3.8, 4) is 0 Å². The topological polar surface area (TPSA) is 63.8 Å². The average molecular weight is 284 g/mol. The number of anilines is 1. The van der Waals surface area contributed by atoms with Crippen molar-refractivity contribution >= 4 is 5.69 Å². The lowest BCUT2D eigenvalue weighted by Gasteiger charge is -2.22. The molecule has 0 fully saturated rings. The third kappa shape index (κ3) is 4.02. The fourth-order valence-electron chi connectivity index (χ4n) is 2.51. The van der Waals surface area contributed by atoms with Crippen molar-refractivity contribution in [2.45, 2.75) is 39.2 Å². The number of rotatable bonds is 7. The number of nitrogens with two attached hydrogens (primary N) is 1. The van der Waals surface area contributed by atoms with Crippen molar-refractivity contribution in [1.29, 1.82) is 0 Å². The predicted molar refractivity (Wildman–Crippen MR) is 87.0 cm³/mol. The van der Waals surface area contributed by atoms with Gasteiger partial charge in [-0.2, -0.15) is 0 Å². The van der Waals surface area contributed by atoms with Gasteiger partial charge in [0.15, 0.2) is 0 Å². The van der Waals surface area contributed by atoms with Gasteiger partial charge in [-0.3, -0.25) is 9.97 Å². The number of pyridine rings is 2. The first kappa shape index (κ1) is 15.4. The zero-order valence-corrected chi connectivity index (χ0v) is 12.8. The maximum absolute atomic E-state index is 6.07. The zero-order chi connectivity index (χ0) is 15.1. The van der Waals surface area contributed by atoms with Crippen LogP contribution in [-0.4, -0.2) is 16.5 Å². The van der Waals surface area contributed by atoms with Gasteiger partial charge in [-0.05, 0) is 54.6 Å². The van der Waals surface area contributed by atoms with E-state index in [0.717, 1.165) is 37.1 Å². The van der Waals surface area contributed by atoms with Gasteiger partial charge < -0.3 is 11.1 Å². The fourth-order valence-corrected chi connectivity index (χ4v) is 2.51. The van der Waals surface area contributed by atoms with Gasteiger partial charge in [0.05, 0.1) is 0 Å². The van der Waals surface area contributed by atoms with Gasteiger partial charge in [0.1, 0.15) is 0 Å². The van der Waals surface area contributed by atoms with Crippen LogP contribution in [-0.2, 0) is 12.8 Å². The van der Waals surface area contributed by atoms with Gasteiger partial charge >= 0.3 is 0 Å². The van der Waals surface area contributed by atoms with Crippen molar-refractivity contribution in [3.63, 3.8) is 0 Å². The molecule has 0 saturated carbocycles. The molecule has 0 aromatic carbocycles. The molecule has 3 N–H and O–H groups in total. The molecule has 4 heteroatoms. The van der Waals surface area contributed by atoms with Crippen LogP contribution in [0.1, 0.15) is 43.0 Å². The SMILES string of the molecule is CCCNC(Cc1cnccc1N)c1ccncc1CC. The average Bonchev–Trinajstić information content (AvgIpc) is 2.53. The van der Waals surface area contributed by atoms with E-state index in [9.17, 15) is 0 Å². The van der Waals surface area contributed by atoms with Gasteiger partial charge in [0.25, 0.3) is 0 Å². The van der Waals surface area contributed by atoms with Gasteiger partial charge in [0, 0.05) is 36.5 Å². The normalized spacial score (nSPS) is 12.3. The highest BCUT2D eigenvalue weighted by Crippen LogP contribution is 2.24. The first-order valence-corrected chi connectivity index (χ1v) is 7.60. The molecule has 21 heavy (non-hydrogen) atoms. The number of aromatic nitrogens is 2. The Kier molecular flexibility index (Phi) is 5.69. The first-order chi connectivity index (χ1) is 10.3. The minimum atomic E-state index is 0.245. The van der Waals surface area contributed by atoms with Crippen LogP contribution in [0.2, 0.25) is 0 Å². The van der Waals surface area contributed by atoms with E-state index in [4.69, 9.17) is 5.73 Å². The van der Waals surface area contributed by atoms with E-state index >= 15 is 0 Å². The highest BCUT2D eigenvalue weighted by atomic mass is 14.9. The van der Waals surface area contributed by atoms with Crippen LogP contribution in [0.4, 0.5) is 5.69 Å². The molecule has 0 amide bonds. The molecule has 2 aromatic heterocycles. The van der Waals surface area contributed by atoms with Crippen molar-refractivity contribution in [1.82, 2.24) is 15.3 Å². The Morgan fingerprint density at radius 2 is 1.81 bits per heavy atom. The lowest BCUT2D eigenvalue weighted by Crippen LogP contribution is -2.25. The Labute approximate surface area is 126 Å². The molecular weight excluding hydrogens is 260 g/mol. The van der Waals surface area contributed by atoms with E-state index in [1.165, 1.54) is 11.1 Å². The molecule has 0 radical (unpaired) electrons. The number of nitrogen functional groups attached to an aromatic ring is 1. The van der Waals surface area contributed by atoms with Crippen molar-refractivity contribution < 1.29 is 0 Å². The third-order valence-corrected chi connectivity index (χ3v) is 3.70. The summed E-state index contributed by atoms with van der Waals surface area (Å²) in [6, 6.07) is 4.22. The maximum atomic E-state index is 6.07. The number of hydrogen-bond acceptors (Lipinski definition) is 4. The lowest BCUT2D eigenvalue weighted by molar-refractivity contribution is 0.525.